The number of pyridine rings is 1. The Morgan fingerprint density at radius 2 is 1.27 bits per heavy atom. The summed E-state index contributed by atoms with van der Waals surface area (Å²) in [5, 5.41) is 31.1. The molecule has 0 saturated carbocycles. The first-order valence-electron chi connectivity index (χ1n) is 3.36. The largest absolute Gasteiger partial charge is 0.425 e. The van der Waals surface area contributed by atoms with Crippen molar-refractivity contribution in [2.75, 3.05) is 0 Å². The quantitative estimate of drug-likeness (QED) is 0.534. The maximum Gasteiger partial charge on any atom is 0.425 e. The minimum absolute atomic E-state index is 0.588. The molecule has 0 spiro atoms. The molecule has 0 fully saturated rings. The predicted molar refractivity (Wildman–Crippen MR) is 44.2 cm³/mol. The maximum absolute atomic E-state index is 10.4. The number of rotatable bonds is 3. The van der Waals surface area contributed by atoms with Crippen LogP contribution in [0.2, 0.25) is 0 Å². The third-order valence-electron chi connectivity index (χ3n) is 1.45. The van der Waals surface area contributed by atoms with Gasteiger partial charge >= 0.3 is 17.1 Å². The van der Waals surface area contributed by atoms with Crippen LogP contribution >= 0.6 is 0 Å². The van der Waals surface area contributed by atoms with Gasteiger partial charge < -0.3 is 0 Å². The molecule has 0 aliphatic carbocycles. The Balaban J connectivity index is 3.56. The van der Waals surface area contributed by atoms with E-state index in [0.29, 0.717) is 12.4 Å². The fourth-order valence-electron chi connectivity index (χ4n) is 0.886. The molecule has 78 valence electrons. The molecule has 1 aromatic heterocycles. The Morgan fingerprint density at radius 1 is 0.867 bits per heavy atom. The van der Waals surface area contributed by atoms with Crippen molar-refractivity contribution < 1.29 is 14.8 Å². The van der Waals surface area contributed by atoms with Crippen LogP contribution in [-0.4, -0.2) is 19.8 Å². The molecule has 0 radical (unpaired) electrons. The van der Waals surface area contributed by atoms with E-state index in [0.717, 1.165) is 0 Å². The summed E-state index contributed by atoms with van der Waals surface area (Å²) < 4.78 is 0. The van der Waals surface area contributed by atoms with E-state index in [-0.39, 0.29) is 0 Å². The molecule has 1 aromatic rings. The van der Waals surface area contributed by atoms with Crippen LogP contribution in [0.15, 0.2) is 12.4 Å². The van der Waals surface area contributed by atoms with E-state index in [9.17, 15) is 30.3 Å². The van der Waals surface area contributed by atoms with E-state index in [2.05, 4.69) is 4.98 Å². The summed E-state index contributed by atoms with van der Waals surface area (Å²) >= 11 is 0. The minimum atomic E-state index is -1.18. The van der Waals surface area contributed by atoms with Gasteiger partial charge in [-0.3, -0.25) is 30.3 Å². The lowest BCUT2D eigenvalue weighted by molar-refractivity contribution is -0.441. The summed E-state index contributed by atoms with van der Waals surface area (Å²) in [6.45, 7) is 0. The van der Waals surface area contributed by atoms with Crippen molar-refractivity contribution in [3.8, 4) is 0 Å². The molecule has 10 nitrogen and oxygen atoms in total. The van der Waals surface area contributed by atoms with Crippen molar-refractivity contribution in [1.29, 1.82) is 0 Å². The smallest absolute Gasteiger partial charge is 0.258 e. The highest BCUT2D eigenvalue weighted by Gasteiger charge is 2.35. The highest BCUT2D eigenvalue weighted by atomic mass is 16.6. The average molecular weight is 214 g/mol. The van der Waals surface area contributed by atoms with Gasteiger partial charge in [-0.05, 0) is 0 Å². The van der Waals surface area contributed by atoms with Crippen LogP contribution in [0.1, 0.15) is 0 Å². The van der Waals surface area contributed by atoms with Gasteiger partial charge in [0.05, 0.1) is 14.8 Å². The number of nitro groups is 3. The summed E-state index contributed by atoms with van der Waals surface area (Å²) in [4.78, 5) is 30.9. The second kappa shape index (κ2) is 3.61. The first-order chi connectivity index (χ1) is 6.95. The second-order valence-electron chi connectivity index (χ2n) is 2.30. The van der Waals surface area contributed by atoms with E-state index >= 15 is 0 Å². The Bertz CT molecular complexity index is 425. The van der Waals surface area contributed by atoms with E-state index < -0.39 is 31.8 Å². The van der Waals surface area contributed by atoms with Gasteiger partial charge in [-0.2, -0.15) is 0 Å². The monoisotopic (exact) mass is 214 g/mol. The second-order valence-corrected chi connectivity index (χ2v) is 2.30. The Kier molecular flexibility index (Phi) is 2.51. The molecule has 0 saturated heterocycles. The summed E-state index contributed by atoms with van der Waals surface area (Å²) in [5.74, 6) is 0. The topological polar surface area (TPSA) is 142 Å². The Labute approximate surface area is 80.6 Å². The SMILES string of the molecule is O=[N+]([O-])c1cncc([N+](=O)[O-])c1[N+](=O)[O-]. The zero-order valence-electron chi connectivity index (χ0n) is 6.89. The summed E-state index contributed by atoms with van der Waals surface area (Å²) in [5.41, 5.74) is -3.18. The van der Waals surface area contributed by atoms with E-state index in [4.69, 9.17) is 0 Å². The fraction of sp³-hybridized carbons (Fsp3) is 0. The van der Waals surface area contributed by atoms with Crippen molar-refractivity contribution in [1.82, 2.24) is 4.98 Å². The predicted octanol–water partition coefficient (Wildman–Crippen LogP) is 0.806. The Morgan fingerprint density at radius 3 is 1.53 bits per heavy atom. The normalized spacial score (nSPS) is 9.60. The number of nitrogens with zero attached hydrogens (tertiary/aromatic N) is 4. The van der Waals surface area contributed by atoms with Crippen LogP contribution in [0.25, 0.3) is 0 Å². The van der Waals surface area contributed by atoms with Gasteiger partial charge in [-0.25, -0.2) is 4.98 Å². The van der Waals surface area contributed by atoms with Crippen molar-refractivity contribution in [3.05, 3.63) is 42.7 Å². The van der Waals surface area contributed by atoms with Crippen LogP contribution in [0.5, 0.6) is 0 Å². The van der Waals surface area contributed by atoms with E-state index in [1.165, 1.54) is 0 Å². The Hall–Kier alpha value is -2.65. The molecule has 1 heterocycles. The molecule has 1 rings (SSSR count). The van der Waals surface area contributed by atoms with Crippen LogP contribution in [0.3, 0.4) is 0 Å². The van der Waals surface area contributed by atoms with Gasteiger partial charge in [0.25, 0.3) is 0 Å². The van der Waals surface area contributed by atoms with Gasteiger partial charge in [0, 0.05) is 0 Å². The first kappa shape index (κ1) is 10.4. The molecule has 0 aliphatic rings. The van der Waals surface area contributed by atoms with E-state index in [1.807, 2.05) is 0 Å². The molecule has 0 N–H and O–H groups in total. The van der Waals surface area contributed by atoms with Gasteiger partial charge in [0.1, 0.15) is 12.4 Å². The highest BCUT2D eigenvalue weighted by molar-refractivity contribution is 5.63. The van der Waals surface area contributed by atoms with Gasteiger partial charge in [-0.15, -0.1) is 0 Å². The third-order valence-corrected chi connectivity index (χ3v) is 1.45. The number of hydrogen-bond acceptors (Lipinski definition) is 7. The lowest BCUT2D eigenvalue weighted by Crippen LogP contribution is -2.01. The van der Waals surface area contributed by atoms with Crippen molar-refractivity contribution >= 4 is 17.1 Å². The molecule has 0 unspecified atom stereocenters. The van der Waals surface area contributed by atoms with Crippen molar-refractivity contribution in [2.24, 2.45) is 0 Å². The van der Waals surface area contributed by atoms with Crippen LogP contribution in [0.4, 0.5) is 17.1 Å². The van der Waals surface area contributed by atoms with E-state index in [1.54, 1.807) is 0 Å². The van der Waals surface area contributed by atoms with Crippen molar-refractivity contribution in [3.63, 3.8) is 0 Å². The average Bonchev–Trinajstić information content (AvgIpc) is 2.16. The van der Waals surface area contributed by atoms with Crippen LogP contribution < -0.4 is 0 Å². The van der Waals surface area contributed by atoms with Crippen LogP contribution in [-0.2, 0) is 0 Å². The molecule has 10 heteroatoms. The molecule has 0 bridgehead atoms. The summed E-state index contributed by atoms with van der Waals surface area (Å²) in [6, 6.07) is 0. The zero-order valence-corrected chi connectivity index (χ0v) is 6.89. The minimum Gasteiger partial charge on any atom is -0.258 e. The molecule has 0 aromatic carbocycles. The van der Waals surface area contributed by atoms with Gasteiger partial charge in [0.2, 0.25) is 0 Å². The van der Waals surface area contributed by atoms with Crippen molar-refractivity contribution in [2.45, 2.75) is 0 Å². The van der Waals surface area contributed by atoms with Crippen LogP contribution in [0, 0.1) is 30.3 Å². The first-order valence-corrected chi connectivity index (χ1v) is 3.36. The molecular weight excluding hydrogens is 212 g/mol. The number of aromatic nitrogens is 1. The summed E-state index contributed by atoms with van der Waals surface area (Å²) in [7, 11) is 0. The molecule has 15 heavy (non-hydrogen) atoms. The standard InChI is InChI=1S/C5H2N4O6/c10-7(11)3-1-6-2-4(8(12)13)5(3)9(14)15/h1-2H. The molecular formula is C5H2N4O6. The van der Waals surface area contributed by atoms with Gasteiger partial charge in [-0.1, -0.05) is 0 Å². The zero-order chi connectivity index (χ0) is 11.6. The number of hydrogen-bond donors (Lipinski definition) is 0. The summed E-state index contributed by atoms with van der Waals surface area (Å²) in [6.07, 6.45) is 1.18. The fourth-order valence-corrected chi connectivity index (χ4v) is 0.886. The lowest BCUT2D eigenvalue weighted by atomic mass is 10.3. The van der Waals surface area contributed by atoms with Gasteiger partial charge in [0.15, 0.2) is 0 Å². The lowest BCUT2D eigenvalue weighted by Gasteiger charge is -1.94. The molecule has 0 atom stereocenters. The molecule has 0 amide bonds. The highest BCUT2D eigenvalue weighted by Crippen LogP contribution is 2.34. The third kappa shape index (κ3) is 1.82. The maximum atomic E-state index is 10.4. The molecule has 0 aliphatic heterocycles.